The smallest absolute Gasteiger partial charge is 0.321 e. The molecule has 0 aliphatic carbocycles. The molecule has 0 saturated carbocycles. The van der Waals surface area contributed by atoms with Crippen molar-refractivity contribution in [1.82, 2.24) is 5.32 Å². The number of carbonyl (C=O) groups is 4. The van der Waals surface area contributed by atoms with E-state index >= 15 is 0 Å². The van der Waals surface area contributed by atoms with Crippen LogP contribution < -0.4 is 11.1 Å². The van der Waals surface area contributed by atoms with Crippen molar-refractivity contribution in [2.45, 2.75) is 24.9 Å². The standard InChI is InChI=1S/C8H12N2O7/c9-5(11)1-3(7(14)15)10-4(8(16)17)2-6(12)13/h3-4,10H,1-2H2,(H2,9,11)(H,12,13)(H,14,15)(H,16,17). The molecule has 0 spiro atoms. The molecule has 0 aromatic heterocycles. The Morgan fingerprint density at radius 1 is 0.941 bits per heavy atom. The molecule has 9 heteroatoms. The number of amides is 1. The molecule has 0 radical (unpaired) electrons. The monoisotopic (exact) mass is 248 g/mol. The van der Waals surface area contributed by atoms with E-state index < -0.39 is 48.7 Å². The lowest BCUT2D eigenvalue weighted by Crippen LogP contribution is -2.49. The Balaban J connectivity index is 4.67. The van der Waals surface area contributed by atoms with Crippen LogP contribution in [-0.4, -0.2) is 51.2 Å². The number of primary amides is 1. The molecule has 9 nitrogen and oxygen atoms in total. The number of hydrogen-bond donors (Lipinski definition) is 5. The molecular weight excluding hydrogens is 236 g/mol. The number of aliphatic carboxylic acids is 3. The summed E-state index contributed by atoms with van der Waals surface area (Å²) in [7, 11) is 0. The van der Waals surface area contributed by atoms with Crippen LogP contribution >= 0.6 is 0 Å². The van der Waals surface area contributed by atoms with Crippen molar-refractivity contribution in [2.24, 2.45) is 5.73 Å². The van der Waals surface area contributed by atoms with E-state index in [0.717, 1.165) is 0 Å². The van der Waals surface area contributed by atoms with Gasteiger partial charge in [-0.2, -0.15) is 0 Å². The van der Waals surface area contributed by atoms with Gasteiger partial charge in [-0.3, -0.25) is 24.5 Å². The van der Waals surface area contributed by atoms with Gasteiger partial charge in [-0.1, -0.05) is 0 Å². The molecular formula is C8H12N2O7. The van der Waals surface area contributed by atoms with Gasteiger partial charge in [-0.15, -0.1) is 0 Å². The SMILES string of the molecule is NC(=O)CC(NC(CC(=O)O)C(=O)O)C(=O)O. The van der Waals surface area contributed by atoms with Crippen molar-refractivity contribution in [3.8, 4) is 0 Å². The summed E-state index contributed by atoms with van der Waals surface area (Å²) >= 11 is 0. The summed E-state index contributed by atoms with van der Waals surface area (Å²) in [5, 5.41) is 27.8. The van der Waals surface area contributed by atoms with E-state index in [4.69, 9.17) is 21.1 Å². The van der Waals surface area contributed by atoms with Crippen LogP contribution in [0.1, 0.15) is 12.8 Å². The largest absolute Gasteiger partial charge is 0.481 e. The third-order valence-electron chi connectivity index (χ3n) is 1.78. The van der Waals surface area contributed by atoms with E-state index in [1.807, 2.05) is 5.32 Å². The first kappa shape index (κ1) is 14.8. The van der Waals surface area contributed by atoms with Crippen molar-refractivity contribution >= 4 is 23.8 Å². The highest BCUT2D eigenvalue weighted by Crippen LogP contribution is 1.99. The highest BCUT2D eigenvalue weighted by molar-refractivity contribution is 5.85. The maximum absolute atomic E-state index is 10.7. The molecule has 0 aliphatic rings. The Hall–Kier alpha value is -2.16. The predicted molar refractivity (Wildman–Crippen MR) is 52.0 cm³/mol. The number of carboxylic acids is 3. The van der Waals surface area contributed by atoms with Crippen molar-refractivity contribution in [2.75, 3.05) is 0 Å². The van der Waals surface area contributed by atoms with E-state index in [0.29, 0.717) is 0 Å². The van der Waals surface area contributed by atoms with Gasteiger partial charge in [0.25, 0.3) is 0 Å². The van der Waals surface area contributed by atoms with Crippen LogP contribution in [-0.2, 0) is 19.2 Å². The zero-order chi connectivity index (χ0) is 13.6. The lowest BCUT2D eigenvalue weighted by Gasteiger charge is -2.17. The molecule has 6 N–H and O–H groups in total. The summed E-state index contributed by atoms with van der Waals surface area (Å²) in [5.41, 5.74) is 4.78. The first-order valence-electron chi connectivity index (χ1n) is 4.45. The number of nitrogens with one attached hydrogen (secondary N) is 1. The Morgan fingerprint density at radius 2 is 1.35 bits per heavy atom. The number of hydrogen-bond acceptors (Lipinski definition) is 5. The molecule has 1 amide bonds. The van der Waals surface area contributed by atoms with Gasteiger partial charge in [0, 0.05) is 0 Å². The van der Waals surface area contributed by atoms with Crippen LogP contribution in [0.3, 0.4) is 0 Å². The third kappa shape index (κ3) is 6.10. The second-order valence-electron chi connectivity index (χ2n) is 3.22. The number of carboxylic acid groups (broad SMARTS) is 3. The fraction of sp³-hybridized carbons (Fsp3) is 0.500. The van der Waals surface area contributed by atoms with E-state index in [2.05, 4.69) is 0 Å². The molecule has 0 aromatic carbocycles. The average molecular weight is 248 g/mol. The van der Waals surface area contributed by atoms with Gasteiger partial charge in [0.05, 0.1) is 12.8 Å². The number of rotatable bonds is 8. The van der Waals surface area contributed by atoms with Crippen LogP contribution in [0.4, 0.5) is 0 Å². The van der Waals surface area contributed by atoms with Crippen LogP contribution in [0, 0.1) is 0 Å². The zero-order valence-electron chi connectivity index (χ0n) is 8.62. The van der Waals surface area contributed by atoms with Gasteiger partial charge in [0.15, 0.2) is 0 Å². The van der Waals surface area contributed by atoms with Crippen molar-refractivity contribution in [3.63, 3.8) is 0 Å². The van der Waals surface area contributed by atoms with E-state index in [1.54, 1.807) is 0 Å². The molecule has 0 fully saturated rings. The zero-order valence-corrected chi connectivity index (χ0v) is 8.62. The molecule has 0 bridgehead atoms. The van der Waals surface area contributed by atoms with Crippen molar-refractivity contribution < 1.29 is 34.5 Å². The van der Waals surface area contributed by atoms with Gasteiger partial charge in [0.1, 0.15) is 12.1 Å². The fourth-order valence-electron chi connectivity index (χ4n) is 1.05. The molecule has 2 unspecified atom stereocenters. The van der Waals surface area contributed by atoms with E-state index in [-0.39, 0.29) is 0 Å². The average Bonchev–Trinajstić information content (AvgIpc) is 2.13. The van der Waals surface area contributed by atoms with Gasteiger partial charge in [-0.25, -0.2) is 0 Å². The van der Waals surface area contributed by atoms with Crippen LogP contribution in [0.25, 0.3) is 0 Å². The quantitative estimate of drug-likeness (QED) is 0.323. The molecule has 0 aromatic rings. The van der Waals surface area contributed by atoms with Crippen LogP contribution in [0.2, 0.25) is 0 Å². The minimum absolute atomic E-state index is 0.626. The molecule has 96 valence electrons. The lowest BCUT2D eigenvalue weighted by molar-refractivity contribution is -0.148. The third-order valence-corrected chi connectivity index (χ3v) is 1.78. The Labute approximate surface area is 95.2 Å². The second-order valence-corrected chi connectivity index (χ2v) is 3.22. The molecule has 17 heavy (non-hydrogen) atoms. The summed E-state index contributed by atoms with van der Waals surface area (Å²) in [5.74, 6) is -5.36. The van der Waals surface area contributed by atoms with Crippen molar-refractivity contribution in [3.05, 3.63) is 0 Å². The molecule has 0 aliphatic heterocycles. The van der Waals surface area contributed by atoms with Crippen molar-refractivity contribution in [1.29, 1.82) is 0 Å². The summed E-state index contributed by atoms with van der Waals surface area (Å²) in [6.45, 7) is 0. The minimum atomic E-state index is -1.60. The van der Waals surface area contributed by atoms with E-state index in [9.17, 15) is 19.2 Å². The minimum Gasteiger partial charge on any atom is -0.481 e. The second kappa shape index (κ2) is 6.43. The topological polar surface area (TPSA) is 167 Å². The summed E-state index contributed by atoms with van der Waals surface area (Å²) in [6, 6.07) is -3.14. The Bertz CT molecular complexity index is 309. The van der Waals surface area contributed by atoms with Gasteiger partial charge in [0.2, 0.25) is 5.91 Å². The van der Waals surface area contributed by atoms with Gasteiger partial charge in [-0.05, 0) is 0 Å². The summed E-state index contributed by atoms with van der Waals surface area (Å²) in [4.78, 5) is 42.2. The van der Waals surface area contributed by atoms with Gasteiger partial charge >= 0.3 is 17.9 Å². The number of nitrogens with two attached hydrogens (primary N) is 1. The number of carbonyl (C=O) groups excluding carboxylic acids is 1. The summed E-state index contributed by atoms with van der Waals surface area (Å²) in [6.07, 6.45) is -1.43. The molecule has 2 atom stereocenters. The highest BCUT2D eigenvalue weighted by Gasteiger charge is 2.28. The fourth-order valence-corrected chi connectivity index (χ4v) is 1.05. The van der Waals surface area contributed by atoms with Crippen LogP contribution in [0.5, 0.6) is 0 Å². The molecule has 0 heterocycles. The normalized spacial score (nSPS) is 13.6. The lowest BCUT2D eigenvalue weighted by atomic mass is 10.1. The predicted octanol–water partition coefficient (Wildman–Crippen LogP) is -2.17. The van der Waals surface area contributed by atoms with Gasteiger partial charge < -0.3 is 21.1 Å². The Morgan fingerprint density at radius 3 is 1.65 bits per heavy atom. The first-order valence-corrected chi connectivity index (χ1v) is 4.45. The molecule has 0 saturated heterocycles. The summed E-state index contributed by atoms with van der Waals surface area (Å²) < 4.78 is 0. The Kier molecular flexibility index (Phi) is 5.61. The maximum Gasteiger partial charge on any atom is 0.321 e. The molecule has 0 rings (SSSR count). The van der Waals surface area contributed by atoms with Crippen LogP contribution in [0.15, 0.2) is 0 Å². The first-order chi connectivity index (χ1) is 7.73. The highest BCUT2D eigenvalue weighted by atomic mass is 16.4. The maximum atomic E-state index is 10.7. The van der Waals surface area contributed by atoms with E-state index in [1.165, 1.54) is 0 Å².